The zero-order chi connectivity index (χ0) is 17.0. The van der Waals surface area contributed by atoms with E-state index in [1.54, 1.807) is 7.11 Å². The summed E-state index contributed by atoms with van der Waals surface area (Å²) in [4.78, 5) is 44.9. The van der Waals surface area contributed by atoms with Gasteiger partial charge in [0.2, 0.25) is 11.8 Å². The lowest BCUT2D eigenvalue weighted by molar-refractivity contribution is -0.142. The van der Waals surface area contributed by atoms with Crippen molar-refractivity contribution in [1.29, 1.82) is 0 Å². The number of hydrogen-bond donors (Lipinski definition) is 3. The average Bonchev–Trinajstić information content (AvgIpc) is 2.45. The van der Waals surface area contributed by atoms with Gasteiger partial charge in [0.1, 0.15) is 11.8 Å². The number of Topliss-reactive ketones (excluding diaryl/α,β-unsaturated/α-hetero) is 1. The van der Waals surface area contributed by atoms with Crippen LogP contribution >= 0.6 is 0 Å². The van der Waals surface area contributed by atoms with Gasteiger partial charge < -0.3 is 25.3 Å². The van der Waals surface area contributed by atoms with E-state index in [-0.39, 0.29) is 37.4 Å². The summed E-state index contributed by atoms with van der Waals surface area (Å²) in [5.74, 6) is -2.14. The first-order valence-corrected chi connectivity index (χ1v) is 7.14. The number of aliphatic carboxylic acids is 1. The SMILES string of the molecule is COCCCNC(=O)CCC(=O)N[C@@H](CCC(C)=O)C(=O)O. The molecule has 0 rings (SSSR count). The third-order valence-electron chi connectivity index (χ3n) is 2.84. The molecule has 0 aliphatic carbocycles. The van der Waals surface area contributed by atoms with Gasteiger partial charge in [-0.15, -0.1) is 0 Å². The summed E-state index contributed by atoms with van der Waals surface area (Å²) in [7, 11) is 1.57. The van der Waals surface area contributed by atoms with Crippen LogP contribution in [-0.4, -0.2) is 55.0 Å². The molecule has 22 heavy (non-hydrogen) atoms. The van der Waals surface area contributed by atoms with Gasteiger partial charge in [0, 0.05) is 39.5 Å². The maximum atomic E-state index is 11.6. The number of ether oxygens (including phenoxy) is 1. The summed E-state index contributed by atoms with van der Waals surface area (Å²) >= 11 is 0. The van der Waals surface area contributed by atoms with Crippen LogP contribution in [0.25, 0.3) is 0 Å². The Morgan fingerprint density at radius 1 is 1.09 bits per heavy atom. The minimum atomic E-state index is -1.20. The van der Waals surface area contributed by atoms with E-state index in [2.05, 4.69) is 10.6 Å². The largest absolute Gasteiger partial charge is 0.480 e. The summed E-state index contributed by atoms with van der Waals surface area (Å²) in [5, 5.41) is 13.9. The maximum absolute atomic E-state index is 11.6. The van der Waals surface area contributed by atoms with Gasteiger partial charge in [0.05, 0.1) is 0 Å². The lowest BCUT2D eigenvalue weighted by Gasteiger charge is -2.13. The predicted octanol–water partition coefficient (Wildman–Crippen LogP) is -0.142. The van der Waals surface area contributed by atoms with Crippen LogP contribution in [0.1, 0.15) is 39.0 Å². The molecule has 0 aromatic carbocycles. The topological polar surface area (TPSA) is 122 Å². The first kappa shape index (κ1) is 20.0. The van der Waals surface area contributed by atoms with Gasteiger partial charge in [-0.05, 0) is 19.8 Å². The fourth-order valence-electron chi connectivity index (χ4n) is 1.63. The number of nitrogens with one attached hydrogen (secondary N) is 2. The predicted molar refractivity (Wildman–Crippen MR) is 78.2 cm³/mol. The Hall–Kier alpha value is -1.96. The van der Waals surface area contributed by atoms with E-state index in [0.29, 0.717) is 19.6 Å². The van der Waals surface area contributed by atoms with Gasteiger partial charge in [-0.3, -0.25) is 9.59 Å². The van der Waals surface area contributed by atoms with Crippen molar-refractivity contribution in [2.24, 2.45) is 0 Å². The van der Waals surface area contributed by atoms with Crippen LogP contribution in [0.3, 0.4) is 0 Å². The van der Waals surface area contributed by atoms with E-state index < -0.39 is 17.9 Å². The van der Waals surface area contributed by atoms with E-state index in [4.69, 9.17) is 9.84 Å². The molecule has 0 unspecified atom stereocenters. The van der Waals surface area contributed by atoms with Crippen molar-refractivity contribution < 1.29 is 29.0 Å². The van der Waals surface area contributed by atoms with Crippen molar-refractivity contribution in [2.75, 3.05) is 20.3 Å². The van der Waals surface area contributed by atoms with Gasteiger partial charge in [0.15, 0.2) is 0 Å². The quantitative estimate of drug-likeness (QED) is 0.431. The number of amides is 2. The highest BCUT2D eigenvalue weighted by Crippen LogP contribution is 2.00. The molecule has 1 atom stereocenters. The highest BCUT2D eigenvalue weighted by Gasteiger charge is 2.20. The normalized spacial score (nSPS) is 11.5. The molecule has 0 aromatic heterocycles. The van der Waals surface area contributed by atoms with Crippen molar-refractivity contribution in [3.05, 3.63) is 0 Å². The number of hydrogen-bond acceptors (Lipinski definition) is 5. The number of carbonyl (C=O) groups is 4. The molecule has 2 amide bonds. The minimum absolute atomic E-state index is 0.0160. The molecule has 8 heteroatoms. The molecule has 0 aromatic rings. The molecule has 0 aliphatic rings. The Kier molecular flexibility index (Phi) is 10.6. The minimum Gasteiger partial charge on any atom is -0.480 e. The molecule has 3 N–H and O–H groups in total. The van der Waals surface area contributed by atoms with Crippen molar-refractivity contribution in [1.82, 2.24) is 10.6 Å². The Labute approximate surface area is 129 Å². The number of rotatable bonds is 12. The highest BCUT2D eigenvalue weighted by atomic mass is 16.5. The molecule has 0 saturated carbocycles. The number of methoxy groups -OCH3 is 1. The molecular weight excluding hydrogens is 292 g/mol. The fourth-order valence-corrected chi connectivity index (χ4v) is 1.63. The Balaban J connectivity index is 4.00. The van der Waals surface area contributed by atoms with Crippen LogP contribution < -0.4 is 10.6 Å². The second kappa shape index (κ2) is 11.7. The summed E-state index contributed by atoms with van der Waals surface area (Å²) < 4.78 is 4.83. The Morgan fingerprint density at radius 3 is 2.27 bits per heavy atom. The van der Waals surface area contributed by atoms with Crippen LogP contribution in [-0.2, 0) is 23.9 Å². The van der Waals surface area contributed by atoms with E-state index in [0.717, 1.165) is 0 Å². The maximum Gasteiger partial charge on any atom is 0.326 e. The fraction of sp³-hybridized carbons (Fsp3) is 0.714. The zero-order valence-corrected chi connectivity index (χ0v) is 13.0. The molecule has 8 nitrogen and oxygen atoms in total. The van der Waals surface area contributed by atoms with E-state index in [1.807, 2.05) is 0 Å². The average molecular weight is 316 g/mol. The van der Waals surface area contributed by atoms with Crippen molar-refractivity contribution >= 4 is 23.6 Å². The lowest BCUT2D eigenvalue weighted by Crippen LogP contribution is -2.41. The van der Waals surface area contributed by atoms with Crippen LogP contribution in [0.15, 0.2) is 0 Å². The highest BCUT2D eigenvalue weighted by molar-refractivity contribution is 5.87. The lowest BCUT2D eigenvalue weighted by atomic mass is 10.1. The molecule has 126 valence electrons. The molecule has 0 bridgehead atoms. The molecule has 0 radical (unpaired) electrons. The number of carboxylic acid groups (broad SMARTS) is 1. The van der Waals surface area contributed by atoms with Crippen LogP contribution in [0, 0.1) is 0 Å². The third-order valence-corrected chi connectivity index (χ3v) is 2.84. The van der Waals surface area contributed by atoms with Crippen LogP contribution in [0.2, 0.25) is 0 Å². The summed E-state index contributed by atoms with van der Waals surface area (Å²) in [6.45, 7) is 2.36. The number of carboxylic acids is 1. The van der Waals surface area contributed by atoms with E-state index in [9.17, 15) is 19.2 Å². The van der Waals surface area contributed by atoms with Gasteiger partial charge in [-0.25, -0.2) is 4.79 Å². The second-order valence-electron chi connectivity index (χ2n) is 4.90. The van der Waals surface area contributed by atoms with Gasteiger partial charge in [-0.2, -0.15) is 0 Å². The monoisotopic (exact) mass is 316 g/mol. The van der Waals surface area contributed by atoms with Crippen molar-refractivity contribution in [3.8, 4) is 0 Å². The van der Waals surface area contributed by atoms with Crippen LogP contribution in [0.4, 0.5) is 0 Å². The summed E-state index contributed by atoms with van der Waals surface area (Å²) in [5.41, 5.74) is 0. The van der Waals surface area contributed by atoms with Gasteiger partial charge in [-0.1, -0.05) is 0 Å². The molecule has 0 spiro atoms. The van der Waals surface area contributed by atoms with Crippen molar-refractivity contribution in [3.63, 3.8) is 0 Å². The third kappa shape index (κ3) is 10.8. The van der Waals surface area contributed by atoms with Crippen molar-refractivity contribution in [2.45, 2.75) is 45.1 Å². The number of carbonyl (C=O) groups excluding carboxylic acids is 3. The standard InChI is InChI=1S/C14H24N2O6/c1-10(17)4-5-11(14(20)21)16-13(19)7-6-12(18)15-8-3-9-22-2/h11H,3-9H2,1-2H3,(H,15,18)(H,16,19)(H,20,21)/t11-/m0/s1. The summed E-state index contributed by atoms with van der Waals surface area (Å²) in [6.07, 6.45) is 0.690. The molecule has 0 saturated heterocycles. The first-order chi connectivity index (χ1) is 10.4. The first-order valence-electron chi connectivity index (χ1n) is 7.14. The van der Waals surface area contributed by atoms with Crippen LogP contribution in [0.5, 0.6) is 0 Å². The van der Waals surface area contributed by atoms with E-state index >= 15 is 0 Å². The zero-order valence-electron chi connectivity index (χ0n) is 13.0. The van der Waals surface area contributed by atoms with E-state index in [1.165, 1.54) is 6.92 Å². The Morgan fingerprint density at radius 2 is 1.73 bits per heavy atom. The molecule has 0 heterocycles. The summed E-state index contributed by atoms with van der Waals surface area (Å²) in [6, 6.07) is -1.11. The molecule has 0 aliphatic heterocycles. The molecule has 0 fully saturated rings. The van der Waals surface area contributed by atoms with Gasteiger partial charge in [0.25, 0.3) is 0 Å². The van der Waals surface area contributed by atoms with Gasteiger partial charge >= 0.3 is 5.97 Å². The number of ketones is 1. The smallest absolute Gasteiger partial charge is 0.326 e. The molecular formula is C14H24N2O6. The second-order valence-corrected chi connectivity index (χ2v) is 4.90. The Bertz CT molecular complexity index is 397.